The van der Waals surface area contributed by atoms with E-state index in [-0.39, 0.29) is 5.69 Å². The molecule has 0 spiro atoms. The van der Waals surface area contributed by atoms with E-state index in [9.17, 15) is 4.79 Å². The van der Waals surface area contributed by atoms with Gasteiger partial charge >= 0.3 is 5.97 Å². The molecule has 1 heterocycles. The average Bonchev–Trinajstić information content (AvgIpc) is 2.53. The molecular weight excluding hydrogens is 256 g/mol. The molecule has 1 aliphatic rings. The van der Waals surface area contributed by atoms with Gasteiger partial charge in [-0.05, 0) is 37.4 Å². The molecule has 1 aromatic rings. The summed E-state index contributed by atoms with van der Waals surface area (Å²) in [5, 5.41) is 8.04. The number of anilines is 1. The normalized spacial score (nSPS) is 22.4. The van der Waals surface area contributed by atoms with Crippen molar-refractivity contribution >= 4 is 11.8 Å². The van der Waals surface area contributed by atoms with Crippen LogP contribution in [-0.2, 0) is 4.74 Å². The molecule has 1 aliphatic carbocycles. The predicted molar refractivity (Wildman–Crippen MR) is 76.6 cm³/mol. The molecule has 1 fully saturated rings. The van der Waals surface area contributed by atoms with Crippen LogP contribution < -0.4 is 10.6 Å². The van der Waals surface area contributed by atoms with Crippen LogP contribution in [0.1, 0.15) is 36.2 Å². The molecule has 20 heavy (non-hydrogen) atoms. The third-order valence-electron chi connectivity index (χ3n) is 4.08. The van der Waals surface area contributed by atoms with E-state index in [1.54, 1.807) is 12.1 Å². The summed E-state index contributed by atoms with van der Waals surface area (Å²) >= 11 is 0. The van der Waals surface area contributed by atoms with Crippen molar-refractivity contribution in [3.8, 4) is 0 Å². The van der Waals surface area contributed by atoms with Crippen molar-refractivity contribution in [3.05, 3.63) is 17.8 Å². The highest BCUT2D eigenvalue weighted by Gasteiger charge is 2.28. The van der Waals surface area contributed by atoms with Crippen LogP contribution in [0.5, 0.6) is 0 Å². The van der Waals surface area contributed by atoms with Crippen LogP contribution in [0.15, 0.2) is 12.1 Å². The Labute approximate surface area is 119 Å². The molecule has 1 aromatic heterocycles. The second-order valence-electron chi connectivity index (χ2n) is 5.23. The summed E-state index contributed by atoms with van der Waals surface area (Å²) < 4.78 is 4.62. The summed E-state index contributed by atoms with van der Waals surface area (Å²) in [6.07, 6.45) is 4.76. The number of aromatic nitrogens is 2. The molecular formula is C14H22N4O2. The highest BCUT2D eigenvalue weighted by Crippen LogP contribution is 2.29. The largest absolute Gasteiger partial charge is 0.464 e. The lowest BCUT2D eigenvalue weighted by Crippen LogP contribution is -2.43. The van der Waals surface area contributed by atoms with Gasteiger partial charge in [-0.3, -0.25) is 0 Å². The summed E-state index contributed by atoms with van der Waals surface area (Å²) in [5.74, 6) is 0.794. The van der Waals surface area contributed by atoms with Gasteiger partial charge in [-0.2, -0.15) is 0 Å². The molecule has 0 amide bonds. The lowest BCUT2D eigenvalue weighted by atomic mass is 9.84. The quantitative estimate of drug-likeness (QED) is 0.834. The van der Waals surface area contributed by atoms with Crippen molar-refractivity contribution < 1.29 is 9.53 Å². The Morgan fingerprint density at radius 2 is 2.15 bits per heavy atom. The molecule has 6 nitrogen and oxygen atoms in total. The molecule has 2 N–H and O–H groups in total. The Morgan fingerprint density at radius 3 is 2.75 bits per heavy atom. The van der Waals surface area contributed by atoms with Gasteiger partial charge in [0.15, 0.2) is 11.5 Å². The van der Waals surface area contributed by atoms with E-state index in [2.05, 4.69) is 19.8 Å². The van der Waals surface area contributed by atoms with E-state index in [0.717, 1.165) is 12.2 Å². The fraction of sp³-hybridized carbons (Fsp3) is 0.643. The number of rotatable bonds is 4. The van der Waals surface area contributed by atoms with Crippen LogP contribution in [-0.4, -0.2) is 42.9 Å². The van der Waals surface area contributed by atoms with Gasteiger partial charge in [-0.15, -0.1) is 10.2 Å². The van der Waals surface area contributed by atoms with Gasteiger partial charge in [0.25, 0.3) is 0 Å². The van der Waals surface area contributed by atoms with Gasteiger partial charge in [0.05, 0.1) is 7.11 Å². The fourth-order valence-corrected chi connectivity index (χ4v) is 2.87. The van der Waals surface area contributed by atoms with E-state index in [0.29, 0.717) is 18.5 Å². The Kier molecular flexibility index (Phi) is 4.89. The Bertz CT molecular complexity index is 449. The molecule has 0 radical (unpaired) electrons. The average molecular weight is 278 g/mol. The molecule has 1 saturated carbocycles. The number of hydrogen-bond donors (Lipinski definition) is 1. The maximum Gasteiger partial charge on any atom is 0.358 e. The minimum atomic E-state index is -0.468. The number of hydrogen-bond acceptors (Lipinski definition) is 6. The SMILES string of the molecule is COC(=O)c1ccc(N(C)C2CCCCC2CN)nn1. The van der Waals surface area contributed by atoms with Crippen LogP contribution in [0.3, 0.4) is 0 Å². The smallest absolute Gasteiger partial charge is 0.358 e. The van der Waals surface area contributed by atoms with Crippen LogP contribution >= 0.6 is 0 Å². The maximum absolute atomic E-state index is 11.3. The molecule has 2 atom stereocenters. The molecule has 0 bridgehead atoms. The monoisotopic (exact) mass is 278 g/mol. The van der Waals surface area contributed by atoms with Crippen molar-refractivity contribution in [2.75, 3.05) is 25.6 Å². The molecule has 0 saturated heterocycles. The first-order valence-corrected chi connectivity index (χ1v) is 7.02. The van der Waals surface area contributed by atoms with Crippen LogP contribution in [0, 0.1) is 5.92 Å². The summed E-state index contributed by atoms with van der Waals surface area (Å²) in [4.78, 5) is 13.5. The number of carbonyl (C=O) groups is 1. The number of nitrogens with zero attached hydrogens (tertiary/aromatic N) is 3. The Morgan fingerprint density at radius 1 is 1.40 bits per heavy atom. The van der Waals surface area contributed by atoms with Crippen molar-refractivity contribution in [1.29, 1.82) is 0 Å². The van der Waals surface area contributed by atoms with Crippen molar-refractivity contribution in [2.45, 2.75) is 31.7 Å². The number of esters is 1. The lowest BCUT2D eigenvalue weighted by Gasteiger charge is -2.37. The van der Waals surface area contributed by atoms with Gasteiger partial charge in [-0.1, -0.05) is 12.8 Å². The molecule has 0 aromatic carbocycles. The first-order chi connectivity index (χ1) is 9.67. The van der Waals surface area contributed by atoms with Gasteiger partial charge in [0.2, 0.25) is 0 Å². The molecule has 6 heteroatoms. The van der Waals surface area contributed by atoms with Crippen LogP contribution in [0.4, 0.5) is 5.82 Å². The Balaban J connectivity index is 2.11. The molecule has 110 valence electrons. The van der Waals surface area contributed by atoms with E-state index in [1.165, 1.54) is 26.4 Å². The second kappa shape index (κ2) is 6.65. The molecule has 0 aliphatic heterocycles. The number of ether oxygens (including phenoxy) is 1. The van der Waals surface area contributed by atoms with E-state index < -0.39 is 5.97 Å². The lowest BCUT2D eigenvalue weighted by molar-refractivity contribution is 0.0592. The van der Waals surface area contributed by atoms with Gasteiger partial charge in [-0.25, -0.2) is 4.79 Å². The van der Waals surface area contributed by atoms with E-state index in [1.807, 2.05) is 7.05 Å². The zero-order chi connectivity index (χ0) is 14.5. The molecule has 2 rings (SSSR count). The maximum atomic E-state index is 11.3. The Hall–Kier alpha value is -1.69. The van der Waals surface area contributed by atoms with Crippen molar-refractivity contribution in [3.63, 3.8) is 0 Å². The van der Waals surface area contributed by atoms with Gasteiger partial charge in [0, 0.05) is 13.1 Å². The van der Waals surface area contributed by atoms with Crippen molar-refractivity contribution in [2.24, 2.45) is 11.7 Å². The van der Waals surface area contributed by atoms with Crippen molar-refractivity contribution in [1.82, 2.24) is 10.2 Å². The van der Waals surface area contributed by atoms with Crippen LogP contribution in [0.2, 0.25) is 0 Å². The van der Waals surface area contributed by atoms with E-state index in [4.69, 9.17) is 5.73 Å². The number of carbonyl (C=O) groups excluding carboxylic acids is 1. The third-order valence-corrected chi connectivity index (χ3v) is 4.08. The predicted octanol–water partition coefficient (Wildman–Crippen LogP) is 1.22. The highest BCUT2D eigenvalue weighted by atomic mass is 16.5. The first-order valence-electron chi connectivity index (χ1n) is 7.02. The standard InChI is InChI=1S/C14H22N4O2/c1-18(12-6-4-3-5-10(12)9-15)13-8-7-11(16-17-13)14(19)20-2/h7-8,10,12H,3-6,9,15H2,1-2H3. The fourth-order valence-electron chi connectivity index (χ4n) is 2.87. The minimum Gasteiger partial charge on any atom is -0.464 e. The minimum absolute atomic E-state index is 0.226. The topological polar surface area (TPSA) is 81.3 Å². The van der Waals surface area contributed by atoms with Gasteiger partial charge in [0.1, 0.15) is 0 Å². The summed E-state index contributed by atoms with van der Waals surface area (Å²) in [6.45, 7) is 0.697. The van der Waals surface area contributed by atoms with Crippen LogP contribution in [0.25, 0.3) is 0 Å². The number of methoxy groups -OCH3 is 1. The summed E-state index contributed by atoms with van der Waals surface area (Å²) in [5.41, 5.74) is 6.09. The first kappa shape index (κ1) is 14.7. The zero-order valence-corrected chi connectivity index (χ0v) is 12.1. The zero-order valence-electron chi connectivity index (χ0n) is 12.1. The second-order valence-corrected chi connectivity index (χ2v) is 5.23. The number of nitrogens with two attached hydrogens (primary N) is 1. The summed E-state index contributed by atoms with van der Waals surface area (Å²) in [7, 11) is 3.35. The third kappa shape index (κ3) is 3.07. The molecule has 2 unspecified atom stereocenters. The highest BCUT2D eigenvalue weighted by molar-refractivity contribution is 5.86. The summed E-state index contributed by atoms with van der Waals surface area (Å²) in [6, 6.07) is 3.85. The van der Waals surface area contributed by atoms with Gasteiger partial charge < -0.3 is 15.4 Å². The van der Waals surface area contributed by atoms with E-state index >= 15 is 0 Å².